The lowest BCUT2D eigenvalue weighted by molar-refractivity contribution is 0.0995. The Morgan fingerprint density at radius 2 is 1.85 bits per heavy atom. The first kappa shape index (κ1) is 24.9. The average Bonchev–Trinajstić information content (AvgIpc) is 2.73. The zero-order valence-electron chi connectivity index (χ0n) is 17.6. The second-order valence-corrected chi connectivity index (χ2v) is 10.5. The minimum Gasteiger partial charge on any atom is -0.488 e. The summed E-state index contributed by atoms with van der Waals surface area (Å²) in [5, 5.41) is 0. The molecule has 1 amide bonds. The summed E-state index contributed by atoms with van der Waals surface area (Å²) in [6.45, 7) is 1.44. The topological polar surface area (TPSA) is 98.5 Å². The van der Waals surface area contributed by atoms with Crippen molar-refractivity contribution in [1.29, 1.82) is 0 Å². The van der Waals surface area contributed by atoms with Crippen molar-refractivity contribution in [3.63, 3.8) is 0 Å². The van der Waals surface area contributed by atoms with Crippen LogP contribution in [0.15, 0.2) is 54.6 Å². The molecule has 3 N–H and O–H groups in total. The summed E-state index contributed by atoms with van der Waals surface area (Å²) in [6, 6.07) is 13.3. The molecule has 0 fully saturated rings. The van der Waals surface area contributed by atoms with Crippen LogP contribution in [0.2, 0.25) is 0 Å². The Balaban J connectivity index is 1.89. The number of anilines is 1. The Bertz CT molecular complexity index is 1300. The van der Waals surface area contributed by atoms with Crippen molar-refractivity contribution in [2.75, 3.05) is 10.5 Å². The predicted molar refractivity (Wildman–Crippen MR) is 131 cm³/mol. The van der Waals surface area contributed by atoms with Crippen molar-refractivity contribution >= 4 is 44.2 Å². The maximum Gasteiger partial charge on any atom is 0.252 e. The van der Waals surface area contributed by atoms with Gasteiger partial charge in [-0.15, -0.1) is 0 Å². The summed E-state index contributed by atoms with van der Waals surface area (Å²) < 4.78 is 61.1. The lowest BCUT2D eigenvalue weighted by atomic mass is 9.98. The molecule has 0 spiro atoms. The van der Waals surface area contributed by atoms with Gasteiger partial charge in [0.05, 0.1) is 11.3 Å². The van der Waals surface area contributed by atoms with E-state index in [0.29, 0.717) is 14.8 Å². The molecule has 3 aromatic carbocycles. The standard InChI is InChI=1S/C23H21F2IN2O4S/c1-2-33(30,31)28-19-5-3-4-14(8-19)13-32-21-11-17(24)10-16(22(21)23(27)29)9-15-6-7-18(26)12-20(15)25/h3-8,10-12,28H,2,9,13H2,1H3,(H2,27,29). The summed E-state index contributed by atoms with van der Waals surface area (Å²) in [5.74, 6) is -2.14. The number of amides is 1. The number of carbonyl (C=O) groups is 1. The van der Waals surface area contributed by atoms with Crippen LogP contribution in [0, 0.1) is 15.2 Å². The van der Waals surface area contributed by atoms with Crippen LogP contribution in [0.1, 0.15) is 34.0 Å². The molecule has 3 aromatic rings. The van der Waals surface area contributed by atoms with Crippen molar-refractivity contribution in [1.82, 2.24) is 0 Å². The summed E-state index contributed by atoms with van der Waals surface area (Å²) in [4.78, 5) is 12.2. The molecule has 0 unspecified atom stereocenters. The number of hydrogen-bond donors (Lipinski definition) is 2. The Kier molecular flexibility index (Phi) is 7.90. The molecule has 0 bridgehead atoms. The van der Waals surface area contributed by atoms with Gasteiger partial charge in [-0.1, -0.05) is 18.2 Å². The van der Waals surface area contributed by atoms with Crippen molar-refractivity contribution in [2.24, 2.45) is 5.73 Å². The van der Waals surface area contributed by atoms with E-state index in [2.05, 4.69) is 4.72 Å². The van der Waals surface area contributed by atoms with Gasteiger partial charge in [-0.3, -0.25) is 9.52 Å². The van der Waals surface area contributed by atoms with Gasteiger partial charge in [-0.05, 0) is 76.5 Å². The Morgan fingerprint density at radius 3 is 2.52 bits per heavy atom. The zero-order chi connectivity index (χ0) is 24.2. The fraction of sp³-hybridized carbons (Fsp3) is 0.174. The second-order valence-electron chi connectivity index (χ2n) is 7.21. The Hall–Kier alpha value is -2.73. The molecule has 0 saturated heterocycles. The molecule has 0 saturated carbocycles. The smallest absolute Gasteiger partial charge is 0.252 e. The number of carbonyl (C=O) groups excluding carboxylic acids is 1. The van der Waals surface area contributed by atoms with Crippen molar-refractivity contribution < 1.29 is 26.7 Å². The molecule has 0 heterocycles. The normalized spacial score (nSPS) is 11.3. The molecule has 0 radical (unpaired) electrons. The minimum absolute atomic E-state index is 0.0443. The van der Waals surface area contributed by atoms with Crippen LogP contribution in [-0.4, -0.2) is 20.1 Å². The highest BCUT2D eigenvalue weighted by molar-refractivity contribution is 14.1. The second kappa shape index (κ2) is 10.5. The van der Waals surface area contributed by atoms with Crippen LogP contribution in [0.25, 0.3) is 0 Å². The maximum absolute atomic E-state index is 14.3. The lowest BCUT2D eigenvalue weighted by Gasteiger charge is -2.15. The average molecular weight is 586 g/mol. The molecule has 0 aliphatic carbocycles. The number of nitrogens with one attached hydrogen (secondary N) is 1. The van der Waals surface area contributed by atoms with Crippen molar-refractivity contribution in [3.8, 4) is 5.75 Å². The molecule has 6 nitrogen and oxygen atoms in total. The number of ether oxygens (including phenoxy) is 1. The first-order valence-corrected chi connectivity index (χ1v) is 12.6. The Morgan fingerprint density at radius 1 is 1.09 bits per heavy atom. The largest absolute Gasteiger partial charge is 0.488 e. The summed E-state index contributed by atoms with van der Waals surface area (Å²) in [7, 11) is -3.45. The molecular formula is C23H21F2IN2O4S. The number of rotatable bonds is 9. The minimum atomic E-state index is -3.45. The van der Waals surface area contributed by atoms with E-state index in [4.69, 9.17) is 10.5 Å². The van der Waals surface area contributed by atoms with Gasteiger partial charge in [0.15, 0.2) is 0 Å². The Labute approximate surface area is 204 Å². The number of primary amides is 1. The number of nitrogens with two attached hydrogens (primary N) is 1. The molecule has 0 aromatic heterocycles. The molecule has 174 valence electrons. The van der Waals surface area contributed by atoms with Gasteiger partial charge < -0.3 is 10.5 Å². The van der Waals surface area contributed by atoms with Crippen LogP contribution >= 0.6 is 22.6 Å². The van der Waals surface area contributed by atoms with E-state index in [1.165, 1.54) is 13.0 Å². The highest BCUT2D eigenvalue weighted by Gasteiger charge is 2.19. The SMILES string of the molecule is CCS(=O)(=O)Nc1cccc(COc2cc(F)cc(Cc3ccc(I)cc3F)c2C(N)=O)c1. The van der Waals surface area contributed by atoms with E-state index in [-0.39, 0.29) is 41.2 Å². The van der Waals surface area contributed by atoms with Gasteiger partial charge in [0.1, 0.15) is 24.0 Å². The summed E-state index contributed by atoms with van der Waals surface area (Å²) >= 11 is 1.98. The van der Waals surface area contributed by atoms with E-state index in [0.717, 1.165) is 12.1 Å². The molecule has 0 aliphatic rings. The number of hydrogen-bond acceptors (Lipinski definition) is 4. The molecule has 0 atom stereocenters. The van der Waals surface area contributed by atoms with E-state index >= 15 is 0 Å². The fourth-order valence-electron chi connectivity index (χ4n) is 3.18. The fourth-order valence-corrected chi connectivity index (χ4v) is 4.26. The molecule has 10 heteroatoms. The molecule has 3 rings (SSSR count). The van der Waals surface area contributed by atoms with Crippen molar-refractivity contribution in [2.45, 2.75) is 20.0 Å². The van der Waals surface area contributed by atoms with Crippen LogP contribution in [0.3, 0.4) is 0 Å². The van der Waals surface area contributed by atoms with Crippen molar-refractivity contribution in [3.05, 3.63) is 92.1 Å². The number of halogens is 3. The highest BCUT2D eigenvalue weighted by Crippen LogP contribution is 2.28. The van der Waals surface area contributed by atoms with E-state index in [1.807, 2.05) is 22.6 Å². The monoisotopic (exact) mass is 586 g/mol. The van der Waals surface area contributed by atoms with Crippen LogP contribution in [0.5, 0.6) is 5.75 Å². The van der Waals surface area contributed by atoms with E-state index < -0.39 is 27.6 Å². The van der Waals surface area contributed by atoms with Gasteiger partial charge in [-0.2, -0.15) is 0 Å². The number of benzene rings is 3. The highest BCUT2D eigenvalue weighted by atomic mass is 127. The molecular weight excluding hydrogens is 565 g/mol. The number of sulfonamides is 1. The van der Waals surface area contributed by atoms with Gasteiger partial charge in [0.2, 0.25) is 10.0 Å². The third-order valence-electron chi connectivity index (χ3n) is 4.77. The maximum atomic E-state index is 14.3. The summed E-state index contributed by atoms with van der Waals surface area (Å²) in [6.07, 6.45) is -0.0522. The van der Waals surface area contributed by atoms with Crippen LogP contribution in [0.4, 0.5) is 14.5 Å². The first-order valence-electron chi connectivity index (χ1n) is 9.86. The molecule has 33 heavy (non-hydrogen) atoms. The van der Waals surface area contributed by atoms with Crippen LogP contribution in [-0.2, 0) is 23.1 Å². The van der Waals surface area contributed by atoms with Crippen LogP contribution < -0.4 is 15.2 Å². The quantitative estimate of drug-likeness (QED) is 0.359. The molecule has 0 aliphatic heterocycles. The lowest BCUT2D eigenvalue weighted by Crippen LogP contribution is -2.17. The van der Waals surface area contributed by atoms with E-state index in [1.54, 1.807) is 36.4 Å². The van der Waals surface area contributed by atoms with Gasteiger partial charge in [0.25, 0.3) is 5.91 Å². The van der Waals surface area contributed by atoms with Gasteiger partial charge >= 0.3 is 0 Å². The van der Waals surface area contributed by atoms with Gasteiger partial charge in [0, 0.05) is 21.7 Å². The first-order chi connectivity index (χ1) is 15.6. The predicted octanol–water partition coefficient (Wildman–Crippen LogP) is 4.60. The zero-order valence-corrected chi connectivity index (χ0v) is 20.5. The third kappa shape index (κ3) is 6.64. The van der Waals surface area contributed by atoms with Gasteiger partial charge in [-0.25, -0.2) is 17.2 Å². The third-order valence-corrected chi connectivity index (χ3v) is 6.74. The van der Waals surface area contributed by atoms with E-state index in [9.17, 15) is 22.0 Å². The summed E-state index contributed by atoms with van der Waals surface area (Å²) in [5.41, 5.74) is 6.91.